The van der Waals surface area contributed by atoms with E-state index in [2.05, 4.69) is 15.6 Å². The summed E-state index contributed by atoms with van der Waals surface area (Å²) < 4.78 is 52.0. The first-order chi connectivity index (χ1) is 10.3. The van der Waals surface area contributed by atoms with Crippen LogP contribution >= 0.6 is 11.3 Å². The van der Waals surface area contributed by atoms with Gasteiger partial charge in [0.2, 0.25) is 0 Å². The van der Waals surface area contributed by atoms with Crippen molar-refractivity contribution in [2.24, 2.45) is 0 Å². The number of nitrogens with one attached hydrogen (secondary N) is 2. The summed E-state index contributed by atoms with van der Waals surface area (Å²) in [6.45, 7) is 3.09. The number of hydrogen-bond acceptors (Lipinski definition) is 4. The number of halogens is 4. The van der Waals surface area contributed by atoms with E-state index in [9.17, 15) is 17.6 Å². The Bertz CT molecular complexity index is 652. The summed E-state index contributed by atoms with van der Waals surface area (Å²) >= 11 is 1.33. The molecule has 0 aliphatic rings. The smallest absolute Gasteiger partial charge is 0.365 e. The highest BCUT2D eigenvalue weighted by atomic mass is 32.1. The third kappa shape index (κ3) is 3.75. The van der Waals surface area contributed by atoms with Crippen LogP contribution in [0.3, 0.4) is 0 Å². The molecule has 0 saturated heterocycles. The van der Waals surface area contributed by atoms with Crippen molar-refractivity contribution in [1.82, 2.24) is 10.3 Å². The lowest BCUT2D eigenvalue weighted by atomic mass is 10.1. The standard InChI is InChI=1S/C14H15F4N3S/c1-3-20-7-11-12(21-13(19-2)22-11)8-4-9(14(16,17)18)6-10(15)5-8/h4-6,20H,3,7H2,1-2H3,(H,19,21). The Balaban J connectivity index is 2.50. The molecule has 22 heavy (non-hydrogen) atoms. The largest absolute Gasteiger partial charge is 0.416 e. The molecule has 0 atom stereocenters. The molecule has 1 aromatic carbocycles. The first-order valence-electron chi connectivity index (χ1n) is 6.61. The Morgan fingerprint density at radius 1 is 1.23 bits per heavy atom. The first kappa shape index (κ1) is 16.7. The summed E-state index contributed by atoms with van der Waals surface area (Å²) in [6, 6.07) is 2.48. The number of benzene rings is 1. The maximum atomic E-state index is 13.6. The number of nitrogens with zero attached hydrogens (tertiary/aromatic N) is 1. The minimum Gasteiger partial charge on any atom is -0.365 e. The molecular formula is C14H15F4N3S. The molecule has 2 N–H and O–H groups in total. The maximum Gasteiger partial charge on any atom is 0.416 e. The van der Waals surface area contributed by atoms with E-state index in [1.807, 2.05) is 6.92 Å². The average molecular weight is 333 g/mol. The van der Waals surface area contributed by atoms with Crippen molar-refractivity contribution in [3.63, 3.8) is 0 Å². The van der Waals surface area contributed by atoms with E-state index < -0.39 is 17.6 Å². The van der Waals surface area contributed by atoms with Gasteiger partial charge in [-0.25, -0.2) is 9.37 Å². The molecule has 1 heterocycles. The van der Waals surface area contributed by atoms with Gasteiger partial charge in [0.15, 0.2) is 5.13 Å². The van der Waals surface area contributed by atoms with Crippen molar-refractivity contribution < 1.29 is 17.6 Å². The molecule has 1 aromatic heterocycles. The van der Waals surface area contributed by atoms with Crippen LogP contribution in [-0.2, 0) is 12.7 Å². The molecule has 0 bridgehead atoms. The van der Waals surface area contributed by atoms with E-state index in [4.69, 9.17) is 0 Å². The van der Waals surface area contributed by atoms with Gasteiger partial charge < -0.3 is 10.6 Å². The van der Waals surface area contributed by atoms with Gasteiger partial charge in [-0.05, 0) is 24.7 Å². The van der Waals surface area contributed by atoms with Crippen LogP contribution in [0.5, 0.6) is 0 Å². The van der Waals surface area contributed by atoms with E-state index in [-0.39, 0.29) is 5.56 Å². The fraction of sp³-hybridized carbons (Fsp3) is 0.357. The lowest BCUT2D eigenvalue weighted by Gasteiger charge is -2.09. The normalized spacial score (nSPS) is 11.7. The Morgan fingerprint density at radius 2 is 1.95 bits per heavy atom. The van der Waals surface area contributed by atoms with Gasteiger partial charge in [0, 0.05) is 24.0 Å². The lowest BCUT2D eigenvalue weighted by molar-refractivity contribution is -0.137. The lowest BCUT2D eigenvalue weighted by Crippen LogP contribution is -2.11. The van der Waals surface area contributed by atoms with Crippen LogP contribution in [0.1, 0.15) is 17.4 Å². The van der Waals surface area contributed by atoms with Crippen molar-refractivity contribution in [1.29, 1.82) is 0 Å². The average Bonchev–Trinajstić information content (AvgIpc) is 2.86. The Hall–Kier alpha value is -1.67. The molecule has 0 fully saturated rings. The molecule has 0 unspecified atom stereocenters. The monoisotopic (exact) mass is 333 g/mol. The highest BCUT2D eigenvalue weighted by Gasteiger charge is 2.32. The molecular weight excluding hydrogens is 318 g/mol. The van der Waals surface area contributed by atoms with Gasteiger partial charge in [0.05, 0.1) is 11.3 Å². The summed E-state index contributed by atoms with van der Waals surface area (Å²) in [5.41, 5.74) is -0.533. The van der Waals surface area contributed by atoms with Gasteiger partial charge in [0.1, 0.15) is 5.82 Å². The van der Waals surface area contributed by atoms with E-state index in [1.54, 1.807) is 7.05 Å². The molecule has 120 valence electrons. The van der Waals surface area contributed by atoms with Crippen molar-refractivity contribution >= 4 is 16.5 Å². The topological polar surface area (TPSA) is 37.0 Å². The van der Waals surface area contributed by atoms with Gasteiger partial charge in [-0.1, -0.05) is 6.92 Å². The fourth-order valence-electron chi connectivity index (χ4n) is 1.93. The third-order valence-electron chi connectivity index (χ3n) is 2.95. The zero-order chi connectivity index (χ0) is 16.3. The van der Waals surface area contributed by atoms with Gasteiger partial charge in [-0.15, -0.1) is 11.3 Å². The fourth-order valence-corrected chi connectivity index (χ4v) is 2.84. The molecule has 0 aliphatic heterocycles. The predicted molar refractivity (Wildman–Crippen MR) is 79.4 cm³/mol. The highest BCUT2D eigenvalue weighted by Crippen LogP contribution is 2.36. The maximum absolute atomic E-state index is 13.6. The molecule has 2 rings (SSSR count). The second-order valence-corrected chi connectivity index (χ2v) is 5.63. The number of alkyl halides is 3. The van der Waals surface area contributed by atoms with Crippen LogP contribution < -0.4 is 10.6 Å². The van der Waals surface area contributed by atoms with Crippen LogP contribution in [-0.4, -0.2) is 18.6 Å². The molecule has 0 aliphatic carbocycles. The van der Waals surface area contributed by atoms with Crippen LogP contribution in [0.15, 0.2) is 18.2 Å². The minimum absolute atomic E-state index is 0.123. The number of anilines is 1. The number of rotatable bonds is 5. The second-order valence-electron chi connectivity index (χ2n) is 4.55. The molecule has 0 amide bonds. The van der Waals surface area contributed by atoms with Gasteiger partial charge in [-0.3, -0.25) is 0 Å². The Labute approximate surface area is 129 Å². The van der Waals surface area contributed by atoms with Gasteiger partial charge >= 0.3 is 6.18 Å². The van der Waals surface area contributed by atoms with Crippen LogP contribution in [0.2, 0.25) is 0 Å². The zero-order valence-electron chi connectivity index (χ0n) is 12.0. The molecule has 2 aromatic rings. The number of aromatic nitrogens is 1. The summed E-state index contributed by atoms with van der Waals surface area (Å²) in [5, 5.41) is 6.53. The minimum atomic E-state index is -4.60. The molecule has 3 nitrogen and oxygen atoms in total. The van der Waals surface area contributed by atoms with Crippen LogP contribution in [0, 0.1) is 5.82 Å². The Morgan fingerprint density at radius 3 is 2.55 bits per heavy atom. The first-order valence-corrected chi connectivity index (χ1v) is 7.43. The number of hydrogen-bond donors (Lipinski definition) is 2. The molecule has 8 heteroatoms. The van der Waals surface area contributed by atoms with E-state index in [1.165, 1.54) is 11.3 Å². The summed E-state index contributed by atoms with van der Waals surface area (Å²) in [4.78, 5) is 5.00. The van der Waals surface area contributed by atoms with Gasteiger partial charge in [0.25, 0.3) is 0 Å². The van der Waals surface area contributed by atoms with Crippen LogP contribution in [0.4, 0.5) is 22.7 Å². The summed E-state index contributed by atoms with van der Waals surface area (Å²) in [6.07, 6.45) is -4.60. The van der Waals surface area contributed by atoms with E-state index in [0.29, 0.717) is 30.0 Å². The molecule has 0 radical (unpaired) electrons. The number of thiazole rings is 1. The predicted octanol–water partition coefficient (Wildman–Crippen LogP) is 4.12. The van der Waals surface area contributed by atoms with Crippen LogP contribution in [0.25, 0.3) is 11.3 Å². The SMILES string of the molecule is CCNCc1sc(NC)nc1-c1cc(F)cc(C(F)(F)F)c1. The molecule has 0 saturated carbocycles. The van der Waals surface area contributed by atoms with Gasteiger partial charge in [-0.2, -0.15) is 13.2 Å². The molecule has 0 spiro atoms. The summed E-state index contributed by atoms with van der Waals surface area (Å²) in [7, 11) is 1.67. The van der Waals surface area contributed by atoms with Crippen molar-refractivity contribution in [3.05, 3.63) is 34.5 Å². The quantitative estimate of drug-likeness (QED) is 0.808. The van der Waals surface area contributed by atoms with Crippen molar-refractivity contribution in [2.75, 3.05) is 18.9 Å². The zero-order valence-corrected chi connectivity index (χ0v) is 12.8. The third-order valence-corrected chi connectivity index (χ3v) is 4.02. The van der Waals surface area contributed by atoms with Crippen molar-refractivity contribution in [3.8, 4) is 11.3 Å². The second kappa shape index (κ2) is 6.62. The van der Waals surface area contributed by atoms with E-state index >= 15 is 0 Å². The van der Waals surface area contributed by atoms with Crippen molar-refractivity contribution in [2.45, 2.75) is 19.6 Å². The summed E-state index contributed by atoms with van der Waals surface area (Å²) in [5.74, 6) is -0.932. The van der Waals surface area contributed by atoms with E-state index in [0.717, 1.165) is 17.0 Å². The highest BCUT2D eigenvalue weighted by molar-refractivity contribution is 7.16. The Kier molecular flexibility index (Phi) is 5.02.